The van der Waals surface area contributed by atoms with Crippen LogP contribution >= 0.6 is 11.3 Å². The number of thiophene rings is 1. The van der Waals surface area contributed by atoms with Gasteiger partial charge in [-0.2, -0.15) is 0 Å². The number of carbonyl (C=O) groups excluding carboxylic acids is 1. The lowest BCUT2D eigenvalue weighted by atomic mass is 9.83. The van der Waals surface area contributed by atoms with E-state index in [1.165, 1.54) is 11.3 Å². The van der Waals surface area contributed by atoms with Crippen LogP contribution in [0.15, 0.2) is 96.4 Å². The van der Waals surface area contributed by atoms with Gasteiger partial charge in [-0.15, -0.1) is 11.3 Å². The molecule has 2 N–H and O–H groups in total. The fraction of sp³-hybridized carbons (Fsp3) is 0.115. The van der Waals surface area contributed by atoms with Gasteiger partial charge in [0.25, 0.3) is 5.91 Å². The second kappa shape index (κ2) is 7.78. The van der Waals surface area contributed by atoms with Gasteiger partial charge < -0.3 is 15.1 Å². The highest BCUT2D eigenvalue weighted by atomic mass is 32.1. The number of nitrogens with zero attached hydrogens (tertiary/aromatic N) is 1. The van der Waals surface area contributed by atoms with Crippen LogP contribution < -0.4 is 0 Å². The summed E-state index contributed by atoms with van der Waals surface area (Å²) in [5, 5.41) is 24.9. The predicted octanol–water partition coefficient (Wildman–Crippen LogP) is 4.68. The van der Waals surface area contributed by atoms with Crippen molar-refractivity contribution in [2.45, 2.75) is 18.3 Å². The highest BCUT2D eigenvalue weighted by Crippen LogP contribution is 2.42. The quantitative estimate of drug-likeness (QED) is 0.485. The van der Waals surface area contributed by atoms with Crippen LogP contribution in [0.25, 0.3) is 0 Å². The summed E-state index contributed by atoms with van der Waals surface area (Å²) in [7, 11) is 0. The van der Waals surface area contributed by atoms with E-state index in [0.29, 0.717) is 27.1 Å². The van der Waals surface area contributed by atoms with E-state index in [0.717, 1.165) is 4.90 Å². The fourth-order valence-electron chi connectivity index (χ4n) is 4.13. The van der Waals surface area contributed by atoms with Gasteiger partial charge >= 0.3 is 0 Å². The van der Waals surface area contributed by atoms with Crippen molar-refractivity contribution in [1.82, 2.24) is 4.90 Å². The molecule has 1 aromatic heterocycles. The third-order valence-electron chi connectivity index (χ3n) is 5.69. The maximum absolute atomic E-state index is 13.0. The van der Waals surface area contributed by atoms with Crippen LogP contribution in [0.4, 0.5) is 0 Å². The Kier molecular flexibility index (Phi) is 4.65. The Morgan fingerprint density at radius 2 is 1.48 bits per heavy atom. The van der Waals surface area contributed by atoms with Gasteiger partial charge in [0, 0.05) is 11.1 Å². The molecule has 1 aliphatic rings. The zero-order valence-electron chi connectivity index (χ0n) is 17.6. The van der Waals surface area contributed by atoms with Crippen molar-refractivity contribution in [2.75, 3.05) is 0 Å². The molecule has 1 amide bonds. The Morgan fingerprint density at radius 3 is 2.10 bits per heavy atom. The zero-order chi connectivity index (χ0) is 22.3. The van der Waals surface area contributed by atoms with Crippen LogP contribution in [0.1, 0.15) is 45.1 Å². The topological polar surface area (TPSA) is 60.8 Å². The maximum atomic E-state index is 13.0. The van der Waals surface area contributed by atoms with Crippen LogP contribution in [0, 0.1) is 0 Å². The van der Waals surface area contributed by atoms with Crippen molar-refractivity contribution >= 4 is 17.2 Å². The number of hydrogen-bond donors (Lipinski definition) is 2. The number of carbonyl (C=O) groups is 1. The van der Waals surface area contributed by atoms with Crippen molar-refractivity contribution in [1.29, 1.82) is 0 Å². The Morgan fingerprint density at radius 1 is 0.903 bits per heavy atom. The number of fused-ring (bicyclic) bond motifs is 1. The lowest BCUT2D eigenvalue weighted by molar-refractivity contribution is 0.0131. The third kappa shape index (κ3) is 3.18. The van der Waals surface area contributed by atoms with Crippen LogP contribution in [0.3, 0.4) is 0 Å². The SMILES string of the molecule is [2H]C1(O)c2ccccc2C(=O)N1Cc1ccsc1C(O)(c1ccccc1)c1ccccc1. The monoisotopic (exact) mass is 428 g/mol. The molecule has 0 bridgehead atoms. The summed E-state index contributed by atoms with van der Waals surface area (Å²) in [5.41, 5.74) is 1.23. The molecule has 0 spiro atoms. The summed E-state index contributed by atoms with van der Waals surface area (Å²) >= 11 is 1.38. The Labute approximate surface area is 186 Å². The second-order valence-electron chi connectivity index (χ2n) is 7.48. The smallest absolute Gasteiger partial charge is 0.256 e. The van der Waals surface area contributed by atoms with E-state index in [9.17, 15) is 15.0 Å². The molecule has 4 nitrogen and oxygen atoms in total. The van der Waals surface area contributed by atoms with E-state index in [1.54, 1.807) is 24.3 Å². The number of aliphatic hydroxyl groups is 2. The zero-order valence-corrected chi connectivity index (χ0v) is 17.4. The molecule has 3 aromatic carbocycles. The average molecular weight is 429 g/mol. The summed E-state index contributed by atoms with van der Waals surface area (Å²) in [6.45, 7) is -0.00563. The predicted molar refractivity (Wildman–Crippen MR) is 121 cm³/mol. The highest BCUT2D eigenvalue weighted by Gasteiger charge is 2.40. The van der Waals surface area contributed by atoms with E-state index < -0.39 is 17.7 Å². The second-order valence-corrected chi connectivity index (χ2v) is 8.39. The molecule has 1 unspecified atom stereocenters. The molecule has 0 saturated carbocycles. The van der Waals surface area contributed by atoms with Gasteiger partial charge in [-0.25, -0.2) is 0 Å². The maximum Gasteiger partial charge on any atom is 0.256 e. The van der Waals surface area contributed by atoms with E-state index in [1.807, 2.05) is 72.1 Å². The van der Waals surface area contributed by atoms with E-state index in [4.69, 9.17) is 1.37 Å². The molecule has 0 saturated heterocycles. The van der Waals surface area contributed by atoms with Crippen molar-refractivity contribution in [2.24, 2.45) is 0 Å². The summed E-state index contributed by atoms with van der Waals surface area (Å²) in [4.78, 5) is 14.8. The normalized spacial score (nSPS) is 18.7. The van der Waals surface area contributed by atoms with Crippen molar-refractivity contribution in [3.05, 3.63) is 129 Å². The minimum atomic E-state index is -2.18. The number of rotatable bonds is 5. The van der Waals surface area contributed by atoms with E-state index >= 15 is 0 Å². The first-order valence-corrected chi connectivity index (χ1v) is 10.9. The number of hydrogen-bond acceptors (Lipinski definition) is 4. The molecule has 2 heterocycles. The Bertz CT molecular complexity index is 1230. The third-order valence-corrected chi connectivity index (χ3v) is 6.75. The number of amides is 1. The first-order chi connectivity index (χ1) is 15.4. The highest BCUT2D eigenvalue weighted by molar-refractivity contribution is 7.10. The molecule has 0 fully saturated rings. The van der Waals surface area contributed by atoms with Crippen molar-refractivity contribution in [3.63, 3.8) is 0 Å². The molecule has 5 rings (SSSR count). The summed E-state index contributed by atoms with van der Waals surface area (Å²) in [6.07, 6.45) is -2.18. The largest absolute Gasteiger partial charge is 0.375 e. The van der Waals surface area contributed by atoms with Gasteiger partial charge in [-0.3, -0.25) is 4.79 Å². The van der Waals surface area contributed by atoms with Crippen molar-refractivity contribution in [3.8, 4) is 0 Å². The molecule has 1 aliphatic heterocycles. The van der Waals surface area contributed by atoms with Gasteiger partial charge in [0.1, 0.15) is 5.60 Å². The lowest BCUT2D eigenvalue weighted by Crippen LogP contribution is -2.32. The molecule has 1 atom stereocenters. The molecular weight excluding hydrogens is 406 g/mol. The molecule has 31 heavy (non-hydrogen) atoms. The first-order valence-electron chi connectivity index (χ1n) is 10.5. The van der Waals surface area contributed by atoms with E-state index in [2.05, 4.69) is 0 Å². The summed E-state index contributed by atoms with van der Waals surface area (Å²) in [5.74, 6) is -0.404. The summed E-state index contributed by atoms with van der Waals surface area (Å²) < 4.78 is 8.51. The van der Waals surface area contributed by atoms with Gasteiger partial charge in [0.05, 0.1) is 12.8 Å². The van der Waals surface area contributed by atoms with Gasteiger partial charge in [-0.1, -0.05) is 78.9 Å². The molecule has 4 aromatic rings. The summed E-state index contributed by atoms with van der Waals surface area (Å²) in [6, 6.07) is 27.2. The van der Waals surface area contributed by atoms with E-state index in [-0.39, 0.29) is 12.1 Å². The van der Waals surface area contributed by atoms with Crippen LogP contribution in [0.2, 0.25) is 0 Å². The van der Waals surface area contributed by atoms with Gasteiger partial charge in [0.2, 0.25) is 0 Å². The van der Waals surface area contributed by atoms with Crippen LogP contribution in [-0.4, -0.2) is 21.0 Å². The Hall–Kier alpha value is -3.25. The molecule has 5 heteroatoms. The Balaban J connectivity index is 1.61. The molecular formula is C26H21NO3S. The minimum absolute atomic E-state index is 0.00563. The average Bonchev–Trinajstić information content (AvgIpc) is 3.38. The van der Waals surface area contributed by atoms with Gasteiger partial charge in [-0.05, 0) is 34.2 Å². The van der Waals surface area contributed by atoms with Crippen LogP contribution in [0.5, 0.6) is 0 Å². The molecule has 154 valence electrons. The molecule has 0 aliphatic carbocycles. The first kappa shape index (κ1) is 18.5. The van der Waals surface area contributed by atoms with Gasteiger partial charge in [0.15, 0.2) is 6.20 Å². The minimum Gasteiger partial charge on any atom is -0.375 e. The molecule has 0 radical (unpaired) electrons. The fourth-order valence-corrected chi connectivity index (χ4v) is 5.19. The van der Waals surface area contributed by atoms with Crippen molar-refractivity contribution < 1.29 is 16.4 Å². The lowest BCUT2D eigenvalue weighted by Gasteiger charge is -2.31. The van der Waals surface area contributed by atoms with Crippen LogP contribution in [-0.2, 0) is 12.1 Å². The number of benzene rings is 3. The standard InChI is InChI=1S/C26H21NO3S/c28-24-21-13-7-8-14-22(21)25(29)27(24)17-18-15-16-31-23(18)26(30,19-9-3-1-4-10-19)20-11-5-2-6-12-20/h1-16,24,28,30H,17H2/i24D.